The van der Waals surface area contributed by atoms with Gasteiger partial charge in [0, 0.05) is 34.1 Å². The van der Waals surface area contributed by atoms with E-state index in [0.717, 1.165) is 6.26 Å². The molecule has 0 unspecified atom stereocenters. The molecular weight excluding hydrogens is 169 g/mol. The van der Waals surface area contributed by atoms with Crippen molar-refractivity contribution in [2.75, 3.05) is 0 Å². The van der Waals surface area contributed by atoms with E-state index in [2.05, 4.69) is 0 Å². The Morgan fingerprint density at radius 2 is 1.40 bits per heavy atom. The van der Waals surface area contributed by atoms with Crippen LogP contribution in [-0.2, 0) is 34.1 Å². The number of nitriles is 1. The molecule has 2 radical (unpaired) electrons. The van der Waals surface area contributed by atoms with E-state index in [1.807, 2.05) is 0 Å². The Labute approximate surface area is 51.1 Å². The summed E-state index contributed by atoms with van der Waals surface area (Å²) in [4.78, 5) is 0. The molecule has 4 heteroatoms. The smallest absolute Gasteiger partial charge is 0.283 e. The molecule has 0 heterocycles. The van der Waals surface area contributed by atoms with Gasteiger partial charge in [0.2, 0.25) is 0 Å². The Morgan fingerprint density at radius 1 is 1.40 bits per heavy atom. The summed E-state index contributed by atoms with van der Waals surface area (Å²) in [7, 11) is 0. The van der Waals surface area contributed by atoms with Crippen molar-refractivity contribution in [1.82, 2.24) is 0 Å². The number of hydrogen-bond acceptors (Lipinski definition) is 2. The Balaban J connectivity index is -0.0000000200. The first kappa shape index (κ1) is 18.4. The summed E-state index contributed by atoms with van der Waals surface area (Å²) in [5.74, 6) is 0. The van der Waals surface area contributed by atoms with Crippen molar-refractivity contribution in [2.45, 2.75) is 0 Å². The quantitative estimate of drug-likeness (QED) is 0.405. The van der Waals surface area contributed by atoms with Gasteiger partial charge >= 0.3 is 0 Å². The minimum atomic E-state index is 0. The fraction of sp³-hybridized carbons (Fsp3) is 0. The minimum Gasteiger partial charge on any atom is -0.443 e. The van der Waals surface area contributed by atoms with Gasteiger partial charge in [-0.25, -0.2) is 0 Å². The van der Waals surface area contributed by atoms with Crippen LogP contribution in [0.25, 0.3) is 0 Å². The summed E-state index contributed by atoms with van der Waals surface area (Å²) in [5, 5.41) is 13.8. The molecule has 2 nitrogen and oxygen atoms in total. The second-order valence-corrected chi connectivity index (χ2v) is 0.100. The van der Waals surface area contributed by atoms with Crippen molar-refractivity contribution in [3.63, 3.8) is 0 Å². The van der Waals surface area contributed by atoms with Crippen LogP contribution in [0, 0.1) is 11.5 Å². The summed E-state index contributed by atoms with van der Waals surface area (Å²) in [6.07, 6.45) is 0.750. The van der Waals surface area contributed by atoms with E-state index in [4.69, 9.17) is 10.4 Å². The molecule has 0 aromatic heterocycles. The Kier molecular flexibility index (Phi) is 100. The summed E-state index contributed by atoms with van der Waals surface area (Å²) in [5.41, 5.74) is 0. The van der Waals surface area contributed by atoms with Gasteiger partial charge in [0.05, 0.1) is 0 Å². The fourth-order valence-corrected chi connectivity index (χ4v) is 0. The van der Waals surface area contributed by atoms with Crippen molar-refractivity contribution in [3.05, 3.63) is 0 Å². The molecule has 0 atom stereocenters. The predicted molar refractivity (Wildman–Crippen MR) is 7.55 cm³/mol. The van der Waals surface area contributed by atoms with Crippen LogP contribution in [-0.4, -0.2) is 5.11 Å². The van der Waals surface area contributed by atoms with E-state index < -0.39 is 0 Å². The van der Waals surface area contributed by atoms with Gasteiger partial charge < -0.3 is 5.11 Å². The normalized spacial score (nSPS) is 1.40. The van der Waals surface area contributed by atoms with Crippen LogP contribution in [0.4, 0.5) is 0 Å². The van der Waals surface area contributed by atoms with Gasteiger partial charge in [-0.15, -0.1) is 0 Å². The van der Waals surface area contributed by atoms with Gasteiger partial charge in [-0.3, -0.25) is 0 Å². The zero-order valence-corrected chi connectivity index (χ0v) is 3.88. The zero-order valence-electron chi connectivity index (χ0n) is 2.00. The van der Waals surface area contributed by atoms with Gasteiger partial charge in [0.25, 0.3) is 6.26 Å². The number of rotatable bonds is 0. The van der Waals surface area contributed by atoms with Crippen LogP contribution in [0.3, 0.4) is 0 Å². The van der Waals surface area contributed by atoms with E-state index in [1.165, 1.54) is 0 Å². The topological polar surface area (TPSA) is 44.0 Å². The molecule has 0 aliphatic carbocycles. The van der Waals surface area contributed by atoms with Crippen molar-refractivity contribution in [2.24, 2.45) is 0 Å². The Hall–Kier alpha value is 0.329. The molecule has 0 aliphatic rings. The third-order valence-electron chi connectivity index (χ3n) is 0. The Bertz CT molecular complexity index is 31.1. The van der Waals surface area contributed by atoms with Crippen molar-refractivity contribution in [3.8, 4) is 6.26 Å². The van der Waals surface area contributed by atoms with Crippen LogP contribution < -0.4 is 0 Å². The van der Waals surface area contributed by atoms with E-state index >= 15 is 0 Å². The van der Waals surface area contributed by atoms with E-state index in [1.54, 1.807) is 0 Å². The van der Waals surface area contributed by atoms with Crippen molar-refractivity contribution >= 4 is 0 Å². The molecule has 0 bridgehead atoms. The van der Waals surface area contributed by atoms with E-state index in [-0.39, 0.29) is 34.1 Å². The van der Waals surface area contributed by atoms with Crippen LogP contribution in [0.5, 0.6) is 0 Å². The SMILES string of the molecule is N#CO.[Cu].[Cu]. The molecular formula is CHCu2NO. The maximum absolute atomic E-state index is 6.88. The molecule has 0 aromatic carbocycles. The summed E-state index contributed by atoms with van der Waals surface area (Å²) >= 11 is 0. The van der Waals surface area contributed by atoms with Gasteiger partial charge in [0.15, 0.2) is 0 Å². The molecule has 1 N–H and O–H groups in total. The molecule has 38 valence electrons. The molecule has 5 heavy (non-hydrogen) atoms. The standard InChI is InChI=1S/CHNO.2Cu/c2-1-3;;/h3H;;. The van der Waals surface area contributed by atoms with Crippen molar-refractivity contribution < 1.29 is 39.2 Å². The number of hydrogen-bond donors (Lipinski definition) is 1. The van der Waals surface area contributed by atoms with Crippen molar-refractivity contribution in [1.29, 1.82) is 5.26 Å². The van der Waals surface area contributed by atoms with Gasteiger partial charge in [0.1, 0.15) is 0 Å². The zero-order chi connectivity index (χ0) is 2.71. The molecule has 0 saturated carbocycles. The minimum absolute atomic E-state index is 0. The summed E-state index contributed by atoms with van der Waals surface area (Å²) in [6, 6.07) is 0. The maximum Gasteiger partial charge on any atom is 0.283 e. The molecule has 0 rings (SSSR count). The molecule has 0 amide bonds. The maximum atomic E-state index is 6.88. The number of nitrogens with zero attached hydrogens (tertiary/aromatic N) is 1. The van der Waals surface area contributed by atoms with E-state index in [9.17, 15) is 0 Å². The molecule has 0 saturated heterocycles. The molecule has 0 fully saturated rings. The largest absolute Gasteiger partial charge is 0.443 e. The monoisotopic (exact) mass is 169 g/mol. The van der Waals surface area contributed by atoms with Crippen LogP contribution in [0.2, 0.25) is 0 Å². The van der Waals surface area contributed by atoms with Gasteiger partial charge in [-0.05, 0) is 0 Å². The van der Waals surface area contributed by atoms with E-state index in [0.29, 0.717) is 0 Å². The second-order valence-electron chi connectivity index (χ2n) is 0.100. The Morgan fingerprint density at radius 3 is 1.40 bits per heavy atom. The second kappa shape index (κ2) is 27.2. The third-order valence-corrected chi connectivity index (χ3v) is 0. The number of aliphatic hydroxyl groups excluding tert-OH is 1. The van der Waals surface area contributed by atoms with Crippen LogP contribution in [0.1, 0.15) is 0 Å². The predicted octanol–water partition coefficient (Wildman–Crippen LogP) is -0.165. The fourth-order valence-electron chi connectivity index (χ4n) is 0. The van der Waals surface area contributed by atoms with Gasteiger partial charge in [-0.1, -0.05) is 0 Å². The summed E-state index contributed by atoms with van der Waals surface area (Å²) < 4.78 is 0. The number of aliphatic hydroxyl groups is 1. The first-order valence-electron chi connectivity index (χ1n) is 0.447. The average Bonchev–Trinajstić information content (AvgIpc) is 0.918. The van der Waals surface area contributed by atoms with Gasteiger partial charge in [-0.2, -0.15) is 5.26 Å². The average molecular weight is 170 g/mol. The molecule has 0 aliphatic heterocycles. The molecule has 0 aromatic rings. The summed E-state index contributed by atoms with van der Waals surface area (Å²) in [6.45, 7) is 0. The molecule has 0 spiro atoms. The van der Waals surface area contributed by atoms with Crippen LogP contribution in [0.15, 0.2) is 0 Å². The van der Waals surface area contributed by atoms with Crippen LogP contribution >= 0.6 is 0 Å². The third kappa shape index (κ3) is 217. The first-order chi connectivity index (χ1) is 1.41. The first-order valence-corrected chi connectivity index (χ1v) is 0.447.